The molecule has 7 nitrogen and oxygen atoms in total. The quantitative estimate of drug-likeness (QED) is 0.442. The lowest BCUT2D eigenvalue weighted by atomic mass is 10.1. The Morgan fingerprint density at radius 3 is 2.73 bits per heavy atom. The second-order valence-electron chi connectivity index (χ2n) is 8.78. The average Bonchev–Trinajstić information content (AvgIpc) is 3.46. The normalized spacial score (nSPS) is 18.2. The highest BCUT2D eigenvalue weighted by Gasteiger charge is 2.31. The minimum absolute atomic E-state index is 0.0632. The molecule has 33 heavy (non-hydrogen) atoms. The molecule has 0 radical (unpaired) electrons. The van der Waals surface area contributed by atoms with E-state index in [9.17, 15) is 9.59 Å². The molecule has 1 fully saturated rings. The molecule has 4 aromatic rings. The zero-order valence-electron chi connectivity index (χ0n) is 19.1. The van der Waals surface area contributed by atoms with Gasteiger partial charge in [0.25, 0.3) is 5.91 Å². The maximum Gasteiger partial charge on any atom is 0.325 e. The van der Waals surface area contributed by atoms with E-state index in [-0.39, 0.29) is 18.0 Å². The summed E-state index contributed by atoms with van der Waals surface area (Å²) in [5.41, 5.74) is 2.42. The van der Waals surface area contributed by atoms with E-state index in [1.54, 1.807) is 17.8 Å². The van der Waals surface area contributed by atoms with Crippen LogP contribution in [0.3, 0.4) is 0 Å². The predicted molar refractivity (Wildman–Crippen MR) is 131 cm³/mol. The van der Waals surface area contributed by atoms with Gasteiger partial charge in [-0.15, -0.1) is 11.3 Å². The molecule has 2 amide bonds. The second-order valence-corrected chi connectivity index (χ2v) is 9.83. The Morgan fingerprint density at radius 2 is 2.00 bits per heavy atom. The Hall–Kier alpha value is -3.39. The van der Waals surface area contributed by atoms with Crippen molar-refractivity contribution < 1.29 is 14.3 Å². The summed E-state index contributed by atoms with van der Waals surface area (Å²) in [7, 11) is 1.62. The number of carbonyl (C=O) groups is 2. The first-order chi connectivity index (χ1) is 15.9. The number of amides is 2. The van der Waals surface area contributed by atoms with Crippen molar-refractivity contribution in [3.8, 4) is 11.5 Å². The van der Waals surface area contributed by atoms with Gasteiger partial charge >= 0.3 is 6.03 Å². The number of rotatable bonds is 3. The molecule has 1 aliphatic rings. The number of fused-ring (bicyclic) bond motifs is 2. The van der Waals surface area contributed by atoms with Crippen LogP contribution in [0.2, 0.25) is 0 Å². The molecule has 4 heterocycles. The molecule has 1 saturated heterocycles. The maximum atomic E-state index is 13.1. The van der Waals surface area contributed by atoms with Gasteiger partial charge < -0.3 is 15.0 Å². The number of pyridine rings is 1. The highest BCUT2D eigenvalue weighted by molar-refractivity contribution is 7.21. The first-order valence-corrected chi connectivity index (χ1v) is 11.9. The fourth-order valence-corrected chi connectivity index (χ4v) is 5.75. The minimum atomic E-state index is -0.176. The van der Waals surface area contributed by atoms with Crippen molar-refractivity contribution in [2.45, 2.75) is 33.2 Å². The Labute approximate surface area is 196 Å². The van der Waals surface area contributed by atoms with E-state index < -0.39 is 0 Å². The van der Waals surface area contributed by atoms with Crippen molar-refractivity contribution in [2.24, 2.45) is 5.92 Å². The summed E-state index contributed by atoms with van der Waals surface area (Å²) >= 11 is 1.42. The van der Waals surface area contributed by atoms with Gasteiger partial charge in [0.05, 0.1) is 20.6 Å². The van der Waals surface area contributed by atoms with E-state index in [0.717, 1.165) is 39.8 Å². The molecule has 0 saturated carbocycles. The van der Waals surface area contributed by atoms with Gasteiger partial charge in [-0.05, 0) is 56.5 Å². The summed E-state index contributed by atoms with van der Waals surface area (Å²) in [6, 6.07) is 11.4. The number of hydrogen-bond donors (Lipinski definition) is 1. The van der Waals surface area contributed by atoms with Gasteiger partial charge in [0.15, 0.2) is 0 Å². The van der Waals surface area contributed by atoms with Crippen LogP contribution < -0.4 is 10.1 Å². The number of hydrogen-bond acceptors (Lipinski definition) is 5. The fourth-order valence-electron chi connectivity index (χ4n) is 4.73. The van der Waals surface area contributed by atoms with Gasteiger partial charge in [-0.1, -0.05) is 6.92 Å². The third-order valence-corrected chi connectivity index (χ3v) is 7.36. The van der Waals surface area contributed by atoms with E-state index >= 15 is 0 Å². The maximum absolute atomic E-state index is 13.1. The molecule has 170 valence electrons. The lowest BCUT2D eigenvalue weighted by Crippen LogP contribution is -2.33. The average molecular weight is 463 g/mol. The molecule has 8 heteroatoms. The number of nitrogens with one attached hydrogen (secondary N) is 1. The van der Waals surface area contributed by atoms with Crippen LogP contribution in [0.15, 0.2) is 42.6 Å². The molecule has 1 aromatic carbocycles. The van der Waals surface area contributed by atoms with Gasteiger partial charge in [0.1, 0.15) is 11.5 Å². The van der Waals surface area contributed by atoms with Gasteiger partial charge in [-0.2, -0.15) is 0 Å². The lowest BCUT2D eigenvalue weighted by Gasteiger charge is -2.20. The van der Waals surface area contributed by atoms with Crippen molar-refractivity contribution >= 4 is 44.4 Å². The molecule has 2 atom stereocenters. The van der Waals surface area contributed by atoms with Crippen LogP contribution in [-0.4, -0.2) is 46.0 Å². The molecule has 5 rings (SSSR count). The summed E-state index contributed by atoms with van der Waals surface area (Å²) in [5, 5.41) is 3.58. The van der Waals surface area contributed by atoms with Crippen LogP contribution in [0.4, 0.5) is 4.79 Å². The molecule has 0 unspecified atom stereocenters. The van der Waals surface area contributed by atoms with Gasteiger partial charge in [-0.3, -0.25) is 14.3 Å². The van der Waals surface area contributed by atoms with Crippen LogP contribution in [0.25, 0.3) is 21.1 Å². The standard InChI is InChI=1S/C25H26N4O3S/c1-14-9-15(2)28(13-14)24(30)22-12-19-23(33-22)21(7-8-27-19)32-18-5-6-20-17(11-18)10-16(3)29(20)25(31)26-4/h5-8,10-12,14-15H,9,13H2,1-4H3,(H,26,31)/t14-,15-/m1/s1. The summed E-state index contributed by atoms with van der Waals surface area (Å²) in [6.45, 7) is 6.98. The summed E-state index contributed by atoms with van der Waals surface area (Å²) in [6.07, 6.45) is 2.73. The number of benzene rings is 1. The first-order valence-electron chi connectivity index (χ1n) is 11.1. The van der Waals surface area contributed by atoms with E-state index in [4.69, 9.17) is 4.74 Å². The number of carbonyl (C=O) groups excluding carboxylic acids is 2. The molecular formula is C25H26N4O3S. The molecule has 1 N–H and O–H groups in total. The van der Waals surface area contributed by atoms with Crippen LogP contribution in [0.1, 0.15) is 35.6 Å². The first kappa shape index (κ1) is 21.5. The lowest BCUT2D eigenvalue weighted by molar-refractivity contribution is 0.0748. The molecule has 0 aliphatic carbocycles. The second kappa shape index (κ2) is 8.19. The van der Waals surface area contributed by atoms with Crippen molar-refractivity contribution in [3.05, 3.63) is 53.2 Å². The Balaban J connectivity index is 1.46. The molecule has 1 aliphatic heterocycles. The number of aromatic nitrogens is 2. The Bertz CT molecular complexity index is 1390. The summed E-state index contributed by atoms with van der Waals surface area (Å²) in [5.74, 6) is 1.90. The monoisotopic (exact) mass is 462 g/mol. The number of ether oxygens (including phenoxy) is 1. The molecule has 0 bridgehead atoms. The van der Waals surface area contributed by atoms with E-state index in [1.807, 2.05) is 48.2 Å². The van der Waals surface area contributed by atoms with Crippen LogP contribution >= 0.6 is 11.3 Å². The molecule has 0 spiro atoms. The predicted octanol–water partition coefficient (Wildman–Crippen LogP) is 5.41. The summed E-state index contributed by atoms with van der Waals surface area (Å²) < 4.78 is 8.72. The van der Waals surface area contributed by atoms with Crippen LogP contribution in [0.5, 0.6) is 11.5 Å². The van der Waals surface area contributed by atoms with Gasteiger partial charge in [0.2, 0.25) is 0 Å². The Kier molecular flexibility index (Phi) is 5.32. The third-order valence-electron chi connectivity index (χ3n) is 6.23. The van der Waals surface area contributed by atoms with E-state index in [0.29, 0.717) is 22.3 Å². The fraction of sp³-hybridized carbons (Fsp3) is 0.320. The molecule has 3 aromatic heterocycles. The topological polar surface area (TPSA) is 76.5 Å². The van der Waals surface area contributed by atoms with Crippen molar-refractivity contribution in [1.29, 1.82) is 0 Å². The van der Waals surface area contributed by atoms with E-state index in [1.165, 1.54) is 11.3 Å². The highest BCUT2D eigenvalue weighted by Crippen LogP contribution is 2.37. The molecular weight excluding hydrogens is 436 g/mol. The zero-order chi connectivity index (χ0) is 23.3. The van der Waals surface area contributed by atoms with E-state index in [2.05, 4.69) is 24.1 Å². The Morgan fingerprint density at radius 1 is 1.18 bits per heavy atom. The third kappa shape index (κ3) is 3.74. The number of thiophene rings is 1. The number of nitrogens with zero attached hydrogens (tertiary/aromatic N) is 3. The minimum Gasteiger partial charge on any atom is -0.456 e. The van der Waals surface area contributed by atoms with Gasteiger partial charge in [0, 0.05) is 43.0 Å². The largest absolute Gasteiger partial charge is 0.456 e. The smallest absolute Gasteiger partial charge is 0.325 e. The number of aryl methyl sites for hydroxylation is 1. The summed E-state index contributed by atoms with van der Waals surface area (Å²) in [4.78, 5) is 32.4. The number of likely N-dealkylation sites (tertiary alicyclic amines) is 1. The SMILES string of the molecule is CNC(=O)n1c(C)cc2cc(Oc3ccnc4cc(C(=O)N5C[C@H](C)C[C@H]5C)sc34)ccc21. The highest BCUT2D eigenvalue weighted by atomic mass is 32.1. The van der Waals surface area contributed by atoms with Gasteiger partial charge in [-0.25, -0.2) is 4.79 Å². The van der Waals surface area contributed by atoms with Crippen molar-refractivity contribution in [2.75, 3.05) is 13.6 Å². The van der Waals surface area contributed by atoms with Crippen LogP contribution in [-0.2, 0) is 0 Å². The van der Waals surface area contributed by atoms with Crippen LogP contribution in [0, 0.1) is 12.8 Å². The zero-order valence-corrected chi connectivity index (χ0v) is 19.9. The van der Waals surface area contributed by atoms with Crippen molar-refractivity contribution in [1.82, 2.24) is 19.8 Å². The van der Waals surface area contributed by atoms with Crippen molar-refractivity contribution in [3.63, 3.8) is 0 Å².